The zero-order chi connectivity index (χ0) is 25.8. The van der Waals surface area contributed by atoms with Gasteiger partial charge in [-0.25, -0.2) is 4.79 Å². The summed E-state index contributed by atoms with van der Waals surface area (Å²) < 4.78 is 90.0. The summed E-state index contributed by atoms with van der Waals surface area (Å²) in [5.74, 6) is -1.10. The van der Waals surface area contributed by atoms with E-state index in [1.54, 1.807) is 13.8 Å². The number of ether oxygens (including phenoxy) is 3. The molecule has 3 N–H and O–H groups in total. The summed E-state index contributed by atoms with van der Waals surface area (Å²) in [5, 5.41) is 0.489. The lowest BCUT2D eigenvalue weighted by Crippen LogP contribution is -2.08. The second-order valence-electron chi connectivity index (χ2n) is 6.90. The molecule has 12 heteroatoms. The molecule has 0 spiro atoms. The molecule has 0 amide bonds. The van der Waals surface area contributed by atoms with Gasteiger partial charge in [-0.05, 0) is 49.7 Å². The number of aryl methyl sites for hydroxylation is 1. The van der Waals surface area contributed by atoms with Crippen molar-refractivity contribution in [3.8, 4) is 11.5 Å². The van der Waals surface area contributed by atoms with Gasteiger partial charge in [-0.1, -0.05) is 0 Å². The minimum absolute atomic E-state index is 0.0631. The summed E-state index contributed by atoms with van der Waals surface area (Å²) in [6.07, 6.45) is -8.97. The number of fused-ring (bicyclic) bond motifs is 1. The Morgan fingerprint density at radius 2 is 1.50 bits per heavy atom. The fourth-order valence-corrected chi connectivity index (χ4v) is 3.10. The molecule has 3 aromatic rings. The number of nitrogens with one attached hydrogen (secondary N) is 1. The second-order valence-corrected chi connectivity index (χ2v) is 6.90. The highest BCUT2D eigenvalue weighted by molar-refractivity contribution is 5.98. The number of carbonyl (C=O) groups is 1. The van der Waals surface area contributed by atoms with E-state index in [9.17, 15) is 31.1 Å². The monoisotopic (exact) mass is 492 g/mol. The number of rotatable bonds is 4. The molecule has 6 nitrogen and oxygen atoms in total. The van der Waals surface area contributed by atoms with Gasteiger partial charge >= 0.3 is 18.3 Å². The first-order valence-corrected chi connectivity index (χ1v) is 9.69. The topological polar surface area (TPSA) is 86.6 Å². The van der Waals surface area contributed by atoms with Crippen LogP contribution in [0.4, 0.5) is 32.0 Å². The Bertz CT molecular complexity index is 1170. The quantitative estimate of drug-likeness (QED) is 0.266. The fourth-order valence-electron chi connectivity index (χ4n) is 3.10. The number of nitrogen functional groups attached to an aromatic ring is 1. The highest BCUT2D eigenvalue weighted by Crippen LogP contribution is 2.40. The van der Waals surface area contributed by atoms with Crippen molar-refractivity contribution < 1.29 is 45.3 Å². The summed E-state index contributed by atoms with van der Waals surface area (Å²) in [4.78, 5) is 14.4. The van der Waals surface area contributed by atoms with Crippen molar-refractivity contribution in [2.75, 3.05) is 26.6 Å². The maximum Gasteiger partial charge on any atom is 0.420 e. The molecule has 0 saturated heterocycles. The van der Waals surface area contributed by atoms with Crippen molar-refractivity contribution >= 4 is 22.6 Å². The van der Waals surface area contributed by atoms with Crippen LogP contribution in [0.2, 0.25) is 0 Å². The third kappa shape index (κ3) is 5.86. The Kier molecular flexibility index (Phi) is 7.96. The smallest absolute Gasteiger partial charge is 0.420 e. The molecule has 186 valence electrons. The number of methoxy groups -OCH3 is 2. The van der Waals surface area contributed by atoms with E-state index in [-0.39, 0.29) is 35.0 Å². The molecule has 1 aromatic heterocycles. The Morgan fingerprint density at radius 3 is 2.00 bits per heavy atom. The van der Waals surface area contributed by atoms with Crippen LogP contribution in [0.5, 0.6) is 11.5 Å². The van der Waals surface area contributed by atoms with Crippen LogP contribution in [-0.2, 0) is 17.1 Å². The van der Waals surface area contributed by atoms with Gasteiger partial charge in [0.1, 0.15) is 17.2 Å². The average Bonchev–Trinajstić information content (AvgIpc) is 3.08. The molecule has 0 aliphatic rings. The van der Waals surface area contributed by atoms with Gasteiger partial charge in [0.05, 0.1) is 32.0 Å². The lowest BCUT2D eigenvalue weighted by atomic mass is 10.1. The first-order valence-electron chi connectivity index (χ1n) is 9.69. The van der Waals surface area contributed by atoms with Gasteiger partial charge in [-0.15, -0.1) is 0 Å². The number of esters is 1. The normalized spacial score (nSPS) is 11.6. The highest BCUT2D eigenvalue weighted by Gasteiger charge is 2.36. The molecular formula is C22H22F6N2O4. The molecule has 0 unspecified atom stereocenters. The van der Waals surface area contributed by atoms with Crippen LogP contribution >= 0.6 is 0 Å². The fraction of sp³-hybridized carbons (Fsp3) is 0.318. The number of hydrogen-bond acceptors (Lipinski definition) is 5. The number of H-pyrrole nitrogens is 1. The summed E-state index contributed by atoms with van der Waals surface area (Å²) >= 11 is 0. The number of carbonyl (C=O) groups excluding carboxylic acids is 1. The molecule has 0 saturated carbocycles. The molecule has 0 atom stereocenters. The van der Waals surface area contributed by atoms with Gasteiger partial charge in [0.25, 0.3) is 0 Å². The number of alkyl halides is 6. The standard InChI is InChI=1S/C14H14F3NO3.C8H8F3NO/c1-4-21-13(19)12-7(2)8-5-11(20-3)9(14(15,16)17)6-10(8)18-12;1-13-7-3-2-5(12)4-6(7)8(9,10)11/h5-6,18H,4H2,1-3H3;2-4H,12H2,1H3. The van der Waals surface area contributed by atoms with Crippen LogP contribution in [0.1, 0.15) is 34.1 Å². The third-order valence-corrected chi connectivity index (χ3v) is 4.69. The number of aromatic amines is 1. The van der Waals surface area contributed by atoms with Crippen LogP contribution in [0, 0.1) is 6.92 Å². The van der Waals surface area contributed by atoms with E-state index in [0.29, 0.717) is 10.9 Å². The maximum atomic E-state index is 13.0. The summed E-state index contributed by atoms with van der Waals surface area (Å²) in [5.41, 5.74) is 4.42. The van der Waals surface area contributed by atoms with E-state index < -0.39 is 29.4 Å². The van der Waals surface area contributed by atoms with Crippen LogP contribution in [0.3, 0.4) is 0 Å². The molecule has 34 heavy (non-hydrogen) atoms. The number of benzene rings is 2. The van der Waals surface area contributed by atoms with E-state index in [4.69, 9.17) is 15.2 Å². The minimum Gasteiger partial charge on any atom is -0.496 e. The lowest BCUT2D eigenvalue weighted by Gasteiger charge is -2.12. The summed E-state index contributed by atoms with van der Waals surface area (Å²) in [7, 11) is 2.35. The molecule has 0 radical (unpaired) electrons. The first kappa shape index (κ1) is 26.7. The van der Waals surface area contributed by atoms with Gasteiger partial charge in [-0.2, -0.15) is 26.3 Å². The number of aromatic nitrogens is 1. The number of anilines is 1. The van der Waals surface area contributed by atoms with Crippen molar-refractivity contribution in [3.05, 3.63) is 52.7 Å². The third-order valence-electron chi connectivity index (χ3n) is 4.69. The van der Waals surface area contributed by atoms with Gasteiger partial charge in [-0.3, -0.25) is 0 Å². The number of halogens is 6. The van der Waals surface area contributed by atoms with Gasteiger partial charge in [0.15, 0.2) is 0 Å². The van der Waals surface area contributed by atoms with Crippen molar-refractivity contribution in [1.82, 2.24) is 4.98 Å². The van der Waals surface area contributed by atoms with E-state index in [1.165, 1.54) is 32.4 Å². The summed E-state index contributed by atoms with van der Waals surface area (Å²) in [6.45, 7) is 3.48. The Balaban J connectivity index is 0.000000270. The molecule has 0 aliphatic carbocycles. The predicted molar refractivity (Wildman–Crippen MR) is 113 cm³/mol. The van der Waals surface area contributed by atoms with Crippen LogP contribution in [0.25, 0.3) is 10.9 Å². The van der Waals surface area contributed by atoms with Crippen LogP contribution in [-0.4, -0.2) is 31.8 Å². The number of nitrogens with two attached hydrogens (primary N) is 1. The lowest BCUT2D eigenvalue weighted by molar-refractivity contribution is -0.139. The van der Waals surface area contributed by atoms with Crippen molar-refractivity contribution in [3.63, 3.8) is 0 Å². The maximum absolute atomic E-state index is 13.0. The molecular weight excluding hydrogens is 470 g/mol. The molecule has 0 aliphatic heterocycles. The zero-order valence-electron chi connectivity index (χ0n) is 18.6. The van der Waals surface area contributed by atoms with Crippen molar-refractivity contribution in [2.24, 2.45) is 0 Å². The van der Waals surface area contributed by atoms with Gasteiger partial charge in [0.2, 0.25) is 0 Å². The Labute approximate surface area is 190 Å². The average molecular weight is 492 g/mol. The first-order chi connectivity index (χ1) is 15.7. The Hall–Kier alpha value is -3.57. The largest absolute Gasteiger partial charge is 0.496 e. The molecule has 1 heterocycles. The van der Waals surface area contributed by atoms with E-state index in [0.717, 1.165) is 12.1 Å². The van der Waals surface area contributed by atoms with E-state index >= 15 is 0 Å². The van der Waals surface area contributed by atoms with E-state index in [1.807, 2.05) is 0 Å². The van der Waals surface area contributed by atoms with Crippen molar-refractivity contribution in [1.29, 1.82) is 0 Å². The van der Waals surface area contributed by atoms with Crippen molar-refractivity contribution in [2.45, 2.75) is 26.2 Å². The minimum atomic E-state index is -4.54. The number of hydrogen-bond donors (Lipinski definition) is 2. The van der Waals surface area contributed by atoms with Crippen LogP contribution in [0.15, 0.2) is 30.3 Å². The predicted octanol–water partition coefficient (Wildman–Crippen LogP) is 5.98. The van der Waals surface area contributed by atoms with Gasteiger partial charge < -0.3 is 24.9 Å². The Morgan fingerprint density at radius 1 is 0.941 bits per heavy atom. The molecule has 0 fully saturated rings. The second kappa shape index (κ2) is 10.1. The molecule has 2 aromatic carbocycles. The zero-order valence-corrected chi connectivity index (χ0v) is 18.6. The van der Waals surface area contributed by atoms with E-state index in [2.05, 4.69) is 9.72 Å². The van der Waals surface area contributed by atoms with Crippen LogP contribution < -0.4 is 15.2 Å². The summed E-state index contributed by atoms with van der Waals surface area (Å²) in [6, 6.07) is 5.60. The molecule has 0 bridgehead atoms. The van der Waals surface area contributed by atoms with Gasteiger partial charge in [0, 0.05) is 16.6 Å². The SMILES string of the molecule is CCOC(=O)c1[nH]c2cc(C(F)(F)F)c(OC)cc2c1C.COc1ccc(N)cc1C(F)(F)F. The highest BCUT2D eigenvalue weighted by atomic mass is 19.4. The molecule has 3 rings (SSSR count).